The summed E-state index contributed by atoms with van der Waals surface area (Å²) in [6.45, 7) is 16.1. The molecule has 5 atom stereocenters. The van der Waals surface area contributed by atoms with E-state index in [1.807, 2.05) is 0 Å². The van der Waals surface area contributed by atoms with Crippen molar-refractivity contribution in [3.8, 4) is 0 Å². The molecule has 1 aromatic rings. The van der Waals surface area contributed by atoms with Crippen LogP contribution in [0.25, 0.3) is 0 Å². The Balaban J connectivity index is 1.22. The van der Waals surface area contributed by atoms with Crippen molar-refractivity contribution < 1.29 is 9.53 Å². The van der Waals surface area contributed by atoms with E-state index in [9.17, 15) is 4.79 Å². The average molecular weight is 423 g/mol. The van der Waals surface area contributed by atoms with Crippen LogP contribution in [0.4, 0.5) is 5.69 Å². The summed E-state index contributed by atoms with van der Waals surface area (Å²) in [6.07, 6.45) is 5.91. The molecule has 0 unspecified atom stereocenters. The number of fused-ring (bicyclic) bond motifs is 2. The number of carbonyl (C=O) groups excluding carboxylic acids is 1. The lowest BCUT2D eigenvalue weighted by atomic mass is 9.55. The van der Waals surface area contributed by atoms with Crippen LogP contribution in [-0.2, 0) is 9.53 Å². The van der Waals surface area contributed by atoms with Crippen LogP contribution >= 0.6 is 0 Å². The summed E-state index contributed by atoms with van der Waals surface area (Å²) in [5, 5.41) is 0. The SMILES string of the molecule is C=C1CCC[C@]2(C)C[C@H]3OC(=O)[C@@H](CN4CCN(c5ccc(C)c(C)c5)CC4)[C@H]3C[C@@H]12. The molecule has 0 radical (unpaired) electrons. The maximum Gasteiger partial charge on any atom is 0.310 e. The van der Waals surface area contributed by atoms with Crippen LogP contribution in [0.1, 0.15) is 50.2 Å². The summed E-state index contributed by atoms with van der Waals surface area (Å²) in [5.74, 6) is 1.04. The van der Waals surface area contributed by atoms with Gasteiger partial charge in [0.15, 0.2) is 0 Å². The molecule has 0 amide bonds. The van der Waals surface area contributed by atoms with Crippen molar-refractivity contribution in [2.24, 2.45) is 23.2 Å². The number of carbonyl (C=O) groups is 1. The number of rotatable bonds is 3. The molecule has 4 fully saturated rings. The standard InChI is InChI=1S/C27H38N2O2/c1-18-7-8-21(14-20(18)3)29-12-10-28(11-13-29)17-23-22-15-24-19(2)6-5-9-27(24,4)16-25(22)31-26(23)30/h7-8,14,22-25H,2,5-6,9-13,15-17H2,1,3-4H3/t22-,23+,24+,25-,27-/m1/s1. The van der Waals surface area contributed by atoms with Crippen LogP contribution in [0.5, 0.6) is 0 Å². The molecule has 0 N–H and O–H groups in total. The molecule has 168 valence electrons. The van der Waals surface area contributed by atoms with Crippen molar-refractivity contribution in [2.75, 3.05) is 37.6 Å². The van der Waals surface area contributed by atoms with E-state index in [0.29, 0.717) is 11.8 Å². The van der Waals surface area contributed by atoms with Crippen molar-refractivity contribution in [1.29, 1.82) is 0 Å². The van der Waals surface area contributed by atoms with E-state index in [4.69, 9.17) is 4.74 Å². The number of nitrogens with zero attached hydrogens (tertiary/aromatic N) is 2. The zero-order valence-electron chi connectivity index (χ0n) is 19.5. The maximum atomic E-state index is 12.9. The van der Waals surface area contributed by atoms with Gasteiger partial charge in [-0.15, -0.1) is 0 Å². The van der Waals surface area contributed by atoms with Gasteiger partial charge in [0.25, 0.3) is 0 Å². The van der Waals surface area contributed by atoms with Gasteiger partial charge in [-0.2, -0.15) is 0 Å². The number of esters is 1. The zero-order valence-corrected chi connectivity index (χ0v) is 19.5. The number of ether oxygens (including phenoxy) is 1. The lowest BCUT2D eigenvalue weighted by Crippen LogP contribution is -2.50. The summed E-state index contributed by atoms with van der Waals surface area (Å²) in [6, 6.07) is 6.77. The van der Waals surface area contributed by atoms with Gasteiger partial charge >= 0.3 is 5.97 Å². The molecule has 4 heteroatoms. The zero-order chi connectivity index (χ0) is 21.8. The number of hydrogen-bond donors (Lipinski definition) is 0. The Morgan fingerprint density at radius 3 is 2.68 bits per heavy atom. The Kier molecular flexibility index (Phi) is 5.40. The first-order valence-corrected chi connectivity index (χ1v) is 12.3. The first kappa shape index (κ1) is 21.1. The van der Waals surface area contributed by atoms with Crippen molar-refractivity contribution >= 4 is 11.7 Å². The van der Waals surface area contributed by atoms with E-state index in [1.165, 1.54) is 35.2 Å². The minimum atomic E-state index is 0.0393. The molecule has 1 aromatic carbocycles. The molecule has 31 heavy (non-hydrogen) atoms. The highest BCUT2D eigenvalue weighted by molar-refractivity contribution is 5.75. The number of piperazine rings is 1. The van der Waals surface area contributed by atoms with Gasteiger partial charge in [0, 0.05) is 44.3 Å². The van der Waals surface area contributed by atoms with Gasteiger partial charge in [-0.05, 0) is 80.5 Å². The molecule has 2 heterocycles. The van der Waals surface area contributed by atoms with Gasteiger partial charge in [-0.3, -0.25) is 9.69 Å². The van der Waals surface area contributed by atoms with Gasteiger partial charge < -0.3 is 9.64 Å². The van der Waals surface area contributed by atoms with E-state index in [1.54, 1.807) is 0 Å². The second-order valence-corrected chi connectivity index (χ2v) is 11.0. The number of benzene rings is 1. The molecule has 4 aliphatic rings. The highest BCUT2D eigenvalue weighted by Gasteiger charge is 2.55. The van der Waals surface area contributed by atoms with Gasteiger partial charge in [0.05, 0.1) is 5.92 Å². The van der Waals surface area contributed by atoms with Crippen LogP contribution in [0.3, 0.4) is 0 Å². The fourth-order valence-corrected chi connectivity index (χ4v) is 6.85. The topological polar surface area (TPSA) is 32.8 Å². The number of hydrogen-bond acceptors (Lipinski definition) is 4. The predicted octanol–water partition coefficient (Wildman–Crippen LogP) is 4.74. The summed E-state index contributed by atoms with van der Waals surface area (Å²) < 4.78 is 5.98. The van der Waals surface area contributed by atoms with E-state index in [2.05, 4.69) is 55.3 Å². The third-order valence-electron chi connectivity index (χ3n) is 9.00. The van der Waals surface area contributed by atoms with Crippen LogP contribution < -0.4 is 4.90 Å². The Hall–Kier alpha value is -1.81. The van der Waals surface area contributed by atoms with E-state index in [-0.39, 0.29) is 23.4 Å². The third-order valence-corrected chi connectivity index (χ3v) is 9.00. The first-order valence-electron chi connectivity index (χ1n) is 12.3. The van der Waals surface area contributed by atoms with Crippen LogP contribution in [0, 0.1) is 37.0 Å². The molecule has 2 aliphatic heterocycles. The summed E-state index contributed by atoms with van der Waals surface area (Å²) >= 11 is 0. The minimum Gasteiger partial charge on any atom is -0.462 e. The molecule has 0 aromatic heterocycles. The van der Waals surface area contributed by atoms with Crippen molar-refractivity contribution in [1.82, 2.24) is 4.90 Å². The van der Waals surface area contributed by atoms with E-state index < -0.39 is 0 Å². The normalized spacial score (nSPS) is 36.2. The highest BCUT2D eigenvalue weighted by Crippen LogP contribution is 2.56. The third kappa shape index (κ3) is 3.82. The molecule has 0 spiro atoms. The Morgan fingerprint density at radius 1 is 1.16 bits per heavy atom. The monoisotopic (exact) mass is 422 g/mol. The van der Waals surface area contributed by atoms with Gasteiger partial charge in [-0.25, -0.2) is 0 Å². The molecule has 2 saturated carbocycles. The number of anilines is 1. The quantitative estimate of drug-likeness (QED) is 0.520. The lowest BCUT2D eigenvalue weighted by Gasteiger charge is -2.50. The molecular formula is C27H38N2O2. The van der Waals surface area contributed by atoms with E-state index in [0.717, 1.165) is 52.0 Å². The van der Waals surface area contributed by atoms with E-state index >= 15 is 0 Å². The smallest absolute Gasteiger partial charge is 0.310 e. The Labute approximate surface area is 187 Å². The minimum absolute atomic E-state index is 0.0393. The summed E-state index contributed by atoms with van der Waals surface area (Å²) in [7, 11) is 0. The lowest BCUT2D eigenvalue weighted by molar-refractivity contribution is -0.146. The Bertz CT molecular complexity index is 872. The average Bonchev–Trinajstić information content (AvgIpc) is 3.03. The predicted molar refractivity (Wildman–Crippen MR) is 125 cm³/mol. The molecule has 2 saturated heterocycles. The molecule has 0 bridgehead atoms. The van der Waals surface area contributed by atoms with Crippen molar-refractivity contribution in [2.45, 2.75) is 59.0 Å². The number of allylic oxidation sites excluding steroid dienone is 1. The maximum absolute atomic E-state index is 12.9. The number of aryl methyl sites for hydroxylation is 2. The summed E-state index contributed by atoms with van der Waals surface area (Å²) in [5.41, 5.74) is 5.73. The molecular weight excluding hydrogens is 384 g/mol. The fourth-order valence-electron chi connectivity index (χ4n) is 6.85. The van der Waals surface area contributed by atoms with Gasteiger partial charge in [-0.1, -0.05) is 25.1 Å². The Morgan fingerprint density at radius 2 is 1.94 bits per heavy atom. The largest absolute Gasteiger partial charge is 0.462 e. The highest BCUT2D eigenvalue weighted by atomic mass is 16.6. The fraction of sp³-hybridized carbons (Fsp3) is 0.667. The molecule has 5 rings (SSSR count). The van der Waals surface area contributed by atoms with Crippen LogP contribution in [0.15, 0.2) is 30.4 Å². The molecule has 2 aliphatic carbocycles. The second kappa shape index (κ2) is 7.95. The summed E-state index contributed by atoms with van der Waals surface area (Å²) in [4.78, 5) is 17.9. The van der Waals surface area contributed by atoms with Crippen molar-refractivity contribution in [3.63, 3.8) is 0 Å². The molecule has 4 nitrogen and oxygen atoms in total. The second-order valence-electron chi connectivity index (χ2n) is 11.0. The van der Waals surface area contributed by atoms with Crippen LogP contribution in [0.2, 0.25) is 0 Å². The first-order chi connectivity index (χ1) is 14.8. The van der Waals surface area contributed by atoms with Crippen molar-refractivity contribution in [3.05, 3.63) is 41.5 Å². The van der Waals surface area contributed by atoms with Gasteiger partial charge in [0.2, 0.25) is 0 Å². The van der Waals surface area contributed by atoms with Crippen LogP contribution in [-0.4, -0.2) is 49.7 Å². The van der Waals surface area contributed by atoms with Gasteiger partial charge in [0.1, 0.15) is 6.10 Å².